The summed E-state index contributed by atoms with van der Waals surface area (Å²) in [5.41, 5.74) is 1.56. The molecule has 0 radical (unpaired) electrons. The van der Waals surface area contributed by atoms with Crippen LogP contribution >= 0.6 is 11.3 Å². The minimum Gasteiger partial charge on any atom is -0.454 e. The Labute approximate surface area is 156 Å². The predicted octanol–water partition coefficient (Wildman–Crippen LogP) is 3.58. The van der Waals surface area contributed by atoms with Gasteiger partial charge in [-0.1, -0.05) is 11.2 Å². The zero-order valence-electron chi connectivity index (χ0n) is 14.5. The zero-order valence-corrected chi connectivity index (χ0v) is 15.3. The number of hydrogen-bond donors (Lipinski definition) is 0. The molecule has 1 amide bonds. The molecule has 2 aliphatic heterocycles. The van der Waals surface area contributed by atoms with Crippen molar-refractivity contribution in [2.45, 2.75) is 25.8 Å². The number of benzene rings is 1. The molecule has 1 unspecified atom stereocenters. The molecule has 1 saturated heterocycles. The van der Waals surface area contributed by atoms with Gasteiger partial charge in [0.25, 0.3) is 5.91 Å². The summed E-state index contributed by atoms with van der Waals surface area (Å²) in [7, 11) is 0. The monoisotopic (exact) mass is 372 g/mol. The first kappa shape index (κ1) is 16.9. The van der Waals surface area contributed by atoms with E-state index in [1.54, 1.807) is 11.3 Å². The first-order valence-corrected chi connectivity index (χ1v) is 9.50. The molecule has 6 nitrogen and oxygen atoms in total. The molecule has 26 heavy (non-hydrogen) atoms. The smallest absolute Gasteiger partial charge is 0.263 e. The van der Waals surface area contributed by atoms with E-state index in [1.807, 2.05) is 41.5 Å². The van der Waals surface area contributed by atoms with E-state index in [0.29, 0.717) is 11.5 Å². The Bertz CT molecular complexity index is 819. The van der Waals surface area contributed by atoms with Gasteiger partial charge in [0.15, 0.2) is 18.1 Å². The van der Waals surface area contributed by atoms with Crippen molar-refractivity contribution in [1.29, 1.82) is 0 Å². The number of carbonyl (C=O) groups excluding carboxylic acids is 1. The molecule has 0 saturated carbocycles. The molecule has 7 heteroatoms. The molecule has 1 aromatic carbocycles. The van der Waals surface area contributed by atoms with Crippen molar-refractivity contribution >= 4 is 23.0 Å². The van der Waals surface area contributed by atoms with Crippen LogP contribution in [-0.4, -0.2) is 36.5 Å². The Hall–Kier alpha value is -2.54. The molecule has 4 rings (SSSR count). The molecule has 1 aromatic heterocycles. The fraction of sp³-hybridized carbons (Fsp3) is 0.368. The SMILES string of the molecule is C/C(=N\OCC(=O)N1CCCC1c1cccs1)c1ccc2c(c1)OCO2. The minimum atomic E-state index is -0.0518. The number of amides is 1. The van der Waals surface area contributed by atoms with Gasteiger partial charge in [0.05, 0.1) is 11.8 Å². The normalized spacial score (nSPS) is 19.0. The minimum absolute atomic E-state index is 0.0249. The lowest BCUT2D eigenvalue weighted by Gasteiger charge is -2.23. The van der Waals surface area contributed by atoms with Crippen LogP contribution in [0.15, 0.2) is 40.9 Å². The molecule has 2 aromatic rings. The lowest BCUT2D eigenvalue weighted by molar-refractivity contribution is -0.137. The second kappa shape index (κ2) is 7.37. The van der Waals surface area contributed by atoms with Gasteiger partial charge < -0.3 is 19.2 Å². The number of nitrogens with zero attached hydrogens (tertiary/aromatic N) is 2. The van der Waals surface area contributed by atoms with Crippen LogP contribution in [0.4, 0.5) is 0 Å². The molecule has 1 fully saturated rings. The fourth-order valence-corrected chi connectivity index (χ4v) is 4.16. The Morgan fingerprint density at radius 3 is 3.08 bits per heavy atom. The summed E-state index contributed by atoms with van der Waals surface area (Å²) in [5.74, 6) is 1.40. The topological polar surface area (TPSA) is 60.4 Å². The van der Waals surface area contributed by atoms with Crippen molar-refractivity contribution in [2.75, 3.05) is 19.9 Å². The Morgan fingerprint density at radius 1 is 1.35 bits per heavy atom. The molecule has 0 bridgehead atoms. The average Bonchev–Trinajstić information content (AvgIpc) is 3.41. The van der Waals surface area contributed by atoms with E-state index < -0.39 is 0 Å². The van der Waals surface area contributed by atoms with Crippen LogP contribution in [0.5, 0.6) is 11.5 Å². The van der Waals surface area contributed by atoms with Gasteiger partial charge in [0, 0.05) is 17.0 Å². The van der Waals surface area contributed by atoms with Crippen LogP contribution in [-0.2, 0) is 9.63 Å². The maximum Gasteiger partial charge on any atom is 0.263 e. The number of fused-ring (bicyclic) bond motifs is 1. The van der Waals surface area contributed by atoms with Gasteiger partial charge in [0.1, 0.15) is 0 Å². The number of carbonyl (C=O) groups is 1. The van der Waals surface area contributed by atoms with Crippen molar-refractivity contribution in [2.24, 2.45) is 5.16 Å². The highest BCUT2D eigenvalue weighted by atomic mass is 32.1. The maximum absolute atomic E-state index is 12.5. The summed E-state index contributed by atoms with van der Waals surface area (Å²) in [6.45, 7) is 2.80. The van der Waals surface area contributed by atoms with E-state index >= 15 is 0 Å². The van der Waals surface area contributed by atoms with Gasteiger partial charge >= 0.3 is 0 Å². The quantitative estimate of drug-likeness (QED) is 0.595. The second-order valence-electron chi connectivity index (χ2n) is 6.28. The highest BCUT2D eigenvalue weighted by Crippen LogP contribution is 2.34. The predicted molar refractivity (Wildman–Crippen MR) is 98.7 cm³/mol. The fourth-order valence-electron chi connectivity index (χ4n) is 3.28. The van der Waals surface area contributed by atoms with Crippen LogP contribution in [0.3, 0.4) is 0 Å². The molecule has 0 N–H and O–H groups in total. The average molecular weight is 372 g/mol. The van der Waals surface area contributed by atoms with Crippen molar-refractivity contribution in [1.82, 2.24) is 4.90 Å². The van der Waals surface area contributed by atoms with Gasteiger partial charge in [-0.25, -0.2) is 0 Å². The van der Waals surface area contributed by atoms with Crippen LogP contribution in [0.2, 0.25) is 0 Å². The molecule has 136 valence electrons. The number of oxime groups is 1. The molecule has 0 spiro atoms. The standard InChI is InChI=1S/C19H20N2O4S/c1-13(14-6-7-16-17(10-14)24-12-23-16)20-25-11-19(22)21-8-2-4-15(21)18-5-3-9-26-18/h3,5-7,9-10,15H,2,4,8,11-12H2,1H3/b20-13+. The Morgan fingerprint density at radius 2 is 2.23 bits per heavy atom. The first-order valence-electron chi connectivity index (χ1n) is 8.62. The summed E-state index contributed by atoms with van der Waals surface area (Å²) in [6, 6.07) is 9.88. The largest absolute Gasteiger partial charge is 0.454 e. The van der Waals surface area contributed by atoms with E-state index in [1.165, 1.54) is 4.88 Å². The molecular weight excluding hydrogens is 352 g/mol. The van der Waals surface area contributed by atoms with E-state index in [4.69, 9.17) is 14.3 Å². The van der Waals surface area contributed by atoms with E-state index in [9.17, 15) is 4.79 Å². The third-order valence-electron chi connectivity index (χ3n) is 4.62. The summed E-state index contributed by atoms with van der Waals surface area (Å²) >= 11 is 1.69. The van der Waals surface area contributed by atoms with Crippen molar-refractivity contribution < 1.29 is 19.1 Å². The lowest BCUT2D eigenvalue weighted by Crippen LogP contribution is -2.32. The molecule has 0 aliphatic carbocycles. The van der Waals surface area contributed by atoms with Crippen molar-refractivity contribution in [3.63, 3.8) is 0 Å². The highest BCUT2D eigenvalue weighted by molar-refractivity contribution is 7.10. The summed E-state index contributed by atoms with van der Waals surface area (Å²) in [4.78, 5) is 21.0. The summed E-state index contributed by atoms with van der Waals surface area (Å²) in [6.07, 6.45) is 2.03. The van der Waals surface area contributed by atoms with Gasteiger partial charge in [-0.15, -0.1) is 11.3 Å². The number of likely N-dealkylation sites (tertiary alicyclic amines) is 1. The maximum atomic E-state index is 12.5. The third-order valence-corrected chi connectivity index (χ3v) is 5.60. The Kier molecular flexibility index (Phi) is 4.79. The van der Waals surface area contributed by atoms with Crippen LogP contribution in [0, 0.1) is 0 Å². The van der Waals surface area contributed by atoms with Crippen LogP contribution < -0.4 is 9.47 Å². The molecular formula is C19H20N2O4S. The lowest BCUT2D eigenvalue weighted by atomic mass is 10.1. The van der Waals surface area contributed by atoms with E-state index in [2.05, 4.69) is 11.2 Å². The van der Waals surface area contributed by atoms with Crippen LogP contribution in [0.25, 0.3) is 0 Å². The van der Waals surface area contributed by atoms with Crippen molar-refractivity contribution in [3.8, 4) is 11.5 Å². The molecule has 3 heterocycles. The number of hydrogen-bond acceptors (Lipinski definition) is 6. The van der Waals surface area contributed by atoms with Gasteiger partial charge in [0.2, 0.25) is 6.79 Å². The Balaban J connectivity index is 1.36. The number of ether oxygens (including phenoxy) is 2. The molecule has 1 atom stereocenters. The summed E-state index contributed by atoms with van der Waals surface area (Å²) < 4.78 is 10.7. The van der Waals surface area contributed by atoms with Gasteiger partial charge in [-0.3, -0.25) is 4.79 Å². The molecule has 2 aliphatic rings. The first-order chi connectivity index (χ1) is 12.7. The van der Waals surface area contributed by atoms with Crippen molar-refractivity contribution in [3.05, 3.63) is 46.2 Å². The van der Waals surface area contributed by atoms with E-state index in [-0.39, 0.29) is 25.3 Å². The second-order valence-corrected chi connectivity index (χ2v) is 7.26. The highest BCUT2D eigenvalue weighted by Gasteiger charge is 2.30. The zero-order chi connectivity index (χ0) is 17.9. The summed E-state index contributed by atoms with van der Waals surface area (Å²) in [5, 5.41) is 6.14. The van der Waals surface area contributed by atoms with Crippen LogP contribution in [0.1, 0.15) is 36.2 Å². The van der Waals surface area contributed by atoms with Gasteiger partial charge in [-0.2, -0.15) is 0 Å². The van der Waals surface area contributed by atoms with Gasteiger partial charge in [-0.05, 0) is 49.4 Å². The number of thiophene rings is 1. The van der Waals surface area contributed by atoms with E-state index in [0.717, 1.165) is 30.7 Å². The third kappa shape index (κ3) is 3.39. The number of rotatable bonds is 5.